The molecule has 0 bridgehead atoms. The van der Waals surface area contributed by atoms with Crippen LogP contribution in [0, 0.1) is 5.92 Å². The van der Waals surface area contributed by atoms with Crippen molar-refractivity contribution in [1.29, 1.82) is 0 Å². The summed E-state index contributed by atoms with van der Waals surface area (Å²) >= 11 is 0. The molecule has 118 valence electrons. The van der Waals surface area contributed by atoms with E-state index >= 15 is 0 Å². The normalized spacial score (nSPS) is 21.9. The topological polar surface area (TPSA) is 68.5 Å². The van der Waals surface area contributed by atoms with Crippen molar-refractivity contribution in [2.24, 2.45) is 5.92 Å². The zero-order chi connectivity index (χ0) is 15.4. The Bertz CT molecular complexity index is 640. The second-order valence-corrected chi connectivity index (χ2v) is 5.87. The molecule has 1 N–H and O–H groups in total. The number of ether oxygens (including phenoxy) is 1. The van der Waals surface area contributed by atoms with Gasteiger partial charge in [0.1, 0.15) is 5.56 Å². The first-order chi connectivity index (χ1) is 10.8. The van der Waals surface area contributed by atoms with E-state index in [0.717, 1.165) is 6.42 Å². The van der Waals surface area contributed by atoms with Crippen molar-refractivity contribution in [3.8, 4) is 0 Å². The summed E-state index contributed by atoms with van der Waals surface area (Å²) in [5.41, 5.74) is 1.06. The molecule has 0 radical (unpaired) electrons. The van der Waals surface area contributed by atoms with Gasteiger partial charge < -0.3 is 10.1 Å². The largest absolute Gasteiger partial charge is 0.376 e. The van der Waals surface area contributed by atoms with Crippen molar-refractivity contribution in [3.05, 3.63) is 30.2 Å². The van der Waals surface area contributed by atoms with Gasteiger partial charge in [-0.25, -0.2) is 9.50 Å². The van der Waals surface area contributed by atoms with Gasteiger partial charge in [0.25, 0.3) is 5.91 Å². The predicted molar refractivity (Wildman–Crippen MR) is 82.7 cm³/mol. The molecule has 22 heavy (non-hydrogen) atoms. The van der Waals surface area contributed by atoms with Crippen LogP contribution in [0.5, 0.6) is 0 Å². The lowest BCUT2D eigenvalue weighted by Gasteiger charge is -2.28. The fraction of sp³-hybridized carbons (Fsp3) is 0.562. The highest BCUT2D eigenvalue weighted by Gasteiger charge is 2.21. The molecule has 6 nitrogen and oxygen atoms in total. The Labute approximate surface area is 129 Å². The molecule has 1 amide bonds. The maximum atomic E-state index is 12.2. The molecule has 2 atom stereocenters. The zero-order valence-electron chi connectivity index (χ0n) is 12.9. The predicted octanol–water partition coefficient (Wildman–Crippen LogP) is 2.05. The molecular weight excluding hydrogens is 280 g/mol. The van der Waals surface area contributed by atoms with Crippen LogP contribution in [0.2, 0.25) is 0 Å². The number of nitrogens with one attached hydrogen (secondary N) is 1. The number of nitrogens with zero attached hydrogens (tertiary/aromatic N) is 3. The first kappa shape index (κ1) is 15.0. The average Bonchev–Trinajstić information content (AvgIpc) is 2.97. The second-order valence-electron chi connectivity index (χ2n) is 5.87. The standard InChI is InChI=1S/C16H22N4O2/c1-12-5-2-3-6-14(12)22-10-8-18-16(21)13-11-19-20-9-4-7-17-15(13)20/h4,7,9,11-12,14H,2-3,5-6,8,10H2,1H3,(H,18,21)/t12-,14+/m1/s1. The van der Waals surface area contributed by atoms with Gasteiger partial charge in [0.2, 0.25) is 0 Å². The third kappa shape index (κ3) is 3.27. The van der Waals surface area contributed by atoms with Gasteiger partial charge in [-0.1, -0.05) is 19.8 Å². The molecule has 6 heteroatoms. The van der Waals surface area contributed by atoms with Gasteiger partial charge in [-0.15, -0.1) is 0 Å². The average molecular weight is 302 g/mol. The van der Waals surface area contributed by atoms with E-state index in [9.17, 15) is 4.79 Å². The maximum absolute atomic E-state index is 12.2. The molecule has 1 saturated carbocycles. The molecule has 0 aliphatic heterocycles. The molecule has 0 spiro atoms. The minimum atomic E-state index is -0.158. The van der Waals surface area contributed by atoms with Gasteiger partial charge in [0.05, 0.1) is 18.9 Å². The minimum Gasteiger partial charge on any atom is -0.376 e. The molecule has 2 heterocycles. The quantitative estimate of drug-likeness (QED) is 0.858. The van der Waals surface area contributed by atoms with Gasteiger partial charge in [0.15, 0.2) is 5.65 Å². The lowest BCUT2D eigenvalue weighted by Crippen LogP contribution is -2.31. The van der Waals surface area contributed by atoms with Gasteiger partial charge in [-0.2, -0.15) is 5.10 Å². The first-order valence-corrected chi connectivity index (χ1v) is 7.94. The Morgan fingerprint density at radius 1 is 1.45 bits per heavy atom. The Balaban J connectivity index is 1.48. The van der Waals surface area contributed by atoms with Crippen molar-refractivity contribution in [2.75, 3.05) is 13.2 Å². The van der Waals surface area contributed by atoms with Crippen LogP contribution >= 0.6 is 0 Å². The smallest absolute Gasteiger partial charge is 0.256 e. The van der Waals surface area contributed by atoms with Gasteiger partial charge in [-0.3, -0.25) is 4.79 Å². The fourth-order valence-corrected chi connectivity index (χ4v) is 2.99. The molecule has 0 unspecified atom stereocenters. The molecule has 3 rings (SSSR count). The molecule has 2 aromatic rings. The molecule has 1 aliphatic carbocycles. The van der Waals surface area contributed by atoms with E-state index in [1.165, 1.54) is 19.3 Å². The molecule has 1 aliphatic rings. The number of fused-ring (bicyclic) bond motifs is 1. The summed E-state index contributed by atoms with van der Waals surface area (Å²) in [6, 6.07) is 1.78. The summed E-state index contributed by atoms with van der Waals surface area (Å²) in [4.78, 5) is 16.4. The van der Waals surface area contributed by atoms with Crippen molar-refractivity contribution < 1.29 is 9.53 Å². The van der Waals surface area contributed by atoms with Crippen LogP contribution in [0.4, 0.5) is 0 Å². The second kappa shape index (κ2) is 6.87. The highest BCUT2D eigenvalue weighted by molar-refractivity contribution is 5.99. The van der Waals surface area contributed by atoms with Gasteiger partial charge in [0, 0.05) is 18.9 Å². The molecule has 0 aromatic carbocycles. The van der Waals surface area contributed by atoms with Crippen LogP contribution in [-0.2, 0) is 4.74 Å². The van der Waals surface area contributed by atoms with Crippen molar-refractivity contribution in [2.45, 2.75) is 38.7 Å². The van der Waals surface area contributed by atoms with Crippen molar-refractivity contribution in [3.63, 3.8) is 0 Å². The summed E-state index contributed by atoms with van der Waals surface area (Å²) in [6.07, 6.45) is 10.2. The summed E-state index contributed by atoms with van der Waals surface area (Å²) < 4.78 is 7.49. The van der Waals surface area contributed by atoms with E-state index < -0.39 is 0 Å². The Kier molecular flexibility index (Phi) is 4.68. The molecule has 1 fully saturated rings. The van der Waals surface area contributed by atoms with Crippen LogP contribution in [0.15, 0.2) is 24.7 Å². The van der Waals surface area contributed by atoms with E-state index in [0.29, 0.717) is 36.4 Å². The van der Waals surface area contributed by atoms with E-state index in [1.807, 2.05) is 0 Å². The lowest BCUT2D eigenvalue weighted by molar-refractivity contribution is -0.00293. The van der Waals surface area contributed by atoms with Gasteiger partial charge >= 0.3 is 0 Å². The van der Waals surface area contributed by atoms with Crippen LogP contribution in [0.1, 0.15) is 43.0 Å². The van der Waals surface area contributed by atoms with E-state index in [-0.39, 0.29) is 5.91 Å². The van der Waals surface area contributed by atoms with Crippen LogP contribution < -0.4 is 5.32 Å². The zero-order valence-corrected chi connectivity index (χ0v) is 12.9. The van der Waals surface area contributed by atoms with E-state index in [4.69, 9.17) is 4.74 Å². The number of hydrogen-bond acceptors (Lipinski definition) is 4. The number of hydrogen-bond donors (Lipinski definition) is 1. The number of carbonyl (C=O) groups excluding carboxylic acids is 1. The number of aromatic nitrogens is 3. The summed E-state index contributed by atoms with van der Waals surface area (Å²) in [5, 5.41) is 6.99. The third-order valence-corrected chi connectivity index (χ3v) is 4.28. The SMILES string of the molecule is C[C@@H]1CCCC[C@@H]1OCCNC(=O)c1cnn2cccnc12. The lowest BCUT2D eigenvalue weighted by atomic mass is 9.88. The Morgan fingerprint density at radius 3 is 3.18 bits per heavy atom. The monoisotopic (exact) mass is 302 g/mol. The number of carbonyl (C=O) groups is 1. The maximum Gasteiger partial charge on any atom is 0.256 e. The van der Waals surface area contributed by atoms with Crippen molar-refractivity contribution >= 4 is 11.6 Å². The Hall–Kier alpha value is -1.95. The first-order valence-electron chi connectivity index (χ1n) is 7.94. The van der Waals surface area contributed by atoms with Crippen molar-refractivity contribution in [1.82, 2.24) is 19.9 Å². The summed E-state index contributed by atoms with van der Waals surface area (Å²) in [6.45, 7) is 3.30. The fourth-order valence-electron chi connectivity index (χ4n) is 2.99. The summed E-state index contributed by atoms with van der Waals surface area (Å²) in [7, 11) is 0. The van der Waals surface area contributed by atoms with E-state index in [2.05, 4.69) is 22.3 Å². The highest BCUT2D eigenvalue weighted by Crippen LogP contribution is 2.25. The van der Waals surface area contributed by atoms with E-state index in [1.54, 1.807) is 29.2 Å². The molecule has 0 saturated heterocycles. The van der Waals surface area contributed by atoms with Crippen LogP contribution in [-0.4, -0.2) is 39.8 Å². The summed E-state index contributed by atoms with van der Waals surface area (Å²) in [5.74, 6) is 0.460. The number of amides is 1. The van der Waals surface area contributed by atoms with Gasteiger partial charge in [-0.05, 0) is 24.8 Å². The van der Waals surface area contributed by atoms with Crippen LogP contribution in [0.25, 0.3) is 5.65 Å². The molecular formula is C16H22N4O2. The minimum absolute atomic E-state index is 0.158. The van der Waals surface area contributed by atoms with Crippen LogP contribution in [0.3, 0.4) is 0 Å². The Morgan fingerprint density at radius 2 is 2.32 bits per heavy atom. The number of rotatable bonds is 5. The molecule has 2 aromatic heterocycles. The highest BCUT2D eigenvalue weighted by atomic mass is 16.5. The third-order valence-electron chi connectivity index (χ3n) is 4.28.